The fourth-order valence-electron chi connectivity index (χ4n) is 4.73. The number of halogens is 1. The van der Waals surface area contributed by atoms with Gasteiger partial charge in [0.25, 0.3) is 5.91 Å². The number of imide groups is 1. The van der Waals surface area contributed by atoms with E-state index in [0.717, 1.165) is 11.1 Å². The molecule has 1 aliphatic heterocycles. The molecule has 2 amide bonds. The molecule has 1 aliphatic rings. The number of ether oxygens (including phenoxy) is 2. The first-order chi connectivity index (χ1) is 18.8. The number of aryl methyl sites for hydroxylation is 1. The number of carbonyl (C=O) groups excluding carboxylic acids is 2. The van der Waals surface area contributed by atoms with Gasteiger partial charge in [-0.05, 0) is 55.3 Å². The van der Waals surface area contributed by atoms with Crippen molar-refractivity contribution in [1.29, 1.82) is 0 Å². The minimum absolute atomic E-state index is 0.217. The number of nitrogens with zero attached hydrogens (tertiary/aromatic N) is 3. The van der Waals surface area contributed by atoms with Crippen LogP contribution in [0.3, 0.4) is 0 Å². The summed E-state index contributed by atoms with van der Waals surface area (Å²) in [4.78, 5) is 37.9. The number of hydrogen-bond donors (Lipinski definition) is 1. The Morgan fingerprint density at radius 3 is 2.54 bits per heavy atom. The highest BCUT2D eigenvalue weighted by atomic mass is 19.1. The molecular weight excluding hydrogens is 507 g/mol. The molecule has 0 spiro atoms. The first-order valence-electron chi connectivity index (χ1n) is 12.0. The molecule has 10 nitrogen and oxygen atoms in total. The Kier molecular flexibility index (Phi) is 6.43. The zero-order valence-corrected chi connectivity index (χ0v) is 21.6. The molecule has 1 saturated heterocycles. The molecular formula is C28H25FN4O6. The number of fused-ring (bicyclic) bond motifs is 2. The Morgan fingerprint density at radius 2 is 1.82 bits per heavy atom. The Balaban J connectivity index is 0.00000151. The van der Waals surface area contributed by atoms with E-state index in [2.05, 4.69) is 10.5 Å². The van der Waals surface area contributed by atoms with Crippen LogP contribution < -0.4 is 15.7 Å². The van der Waals surface area contributed by atoms with Crippen molar-refractivity contribution in [2.24, 2.45) is 0 Å². The summed E-state index contributed by atoms with van der Waals surface area (Å²) in [6.07, 6.45) is -0.787. The number of aromatic nitrogens is 3. The van der Waals surface area contributed by atoms with Crippen LogP contribution in [0.4, 0.5) is 9.18 Å². The molecule has 200 valence electrons. The maximum absolute atomic E-state index is 13.9. The number of methoxy groups -OCH3 is 1. The zero-order valence-electron chi connectivity index (χ0n) is 21.6. The predicted molar refractivity (Wildman–Crippen MR) is 141 cm³/mol. The number of rotatable bonds is 5. The fraction of sp³-hybridized carbons (Fsp3) is 0.214. The lowest BCUT2D eigenvalue weighted by Crippen LogP contribution is -2.33. The van der Waals surface area contributed by atoms with E-state index in [0.29, 0.717) is 46.3 Å². The second kappa shape index (κ2) is 9.75. The third-order valence-corrected chi connectivity index (χ3v) is 6.72. The SMILES string of the molecule is CF.COc1ccc2c(-n3c(=O)n(Cc4cccc([C@@]5(C)OC(=O)NC5=O)c4)c4ccc(C)cc43)noc2c1. The maximum Gasteiger partial charge on any atom is 0.415 e. The number of amides is 2. The van der Waals surface area contributed by atoms with E-state index >= 15 is 0 Å². The monoisotopic (exact) mass is 532 g/mol. The molecule has 6 rings (SSSR count). The lowest BCUT2D eigenvalue weighted by molar-refractivity contribution is -0.130. The van der Waals surface area contributed by atoms with E-state index < -0.39 is 17.6 Å². The standard InChI is InChI=1S/C27H22N4O6.CH3F/c1-15-7-10-20-21(11-15)31(23-19-9-8-18(35-3)13-22(19)37-29-23)26(34)30(20)14-16-5-4-6-17(12-16)27(2)24(32)28-25(33)36-27;1-2/h4-13H,14H2,1-3H3,(H,28,32,33);1H3/t27-;/m1./s1. The molecule has 3 aromatic carbocycles. The molecule has 11 heteroatoms. The molecule has 1 atom stereocenters. The van der Waals surface area contributed by atoms with Gasteiger partial charge in [-0.2, -0.15) is 0 Å². The van der Waals surface area contributed by atoms with E-state index in [1.165, 1.54) is 11.5 Å². The zero-order chi connectivity index (χ0) is 27.9. The number of imidazole rings is 1. The van der Waals surface area contributed by atoms with Crippen LogP contribution in [0.2, 0.25) is 0 Å². The molecule has 1 fully saturated rings. The average Bonchev–Trinajstić information content (AvgIpc) is 3.55. The Morgan fingerprint density at radius 1 is 1.03 bits per heavy atom. The van der Waals surface area contributed by atoms with Crippen molar-refractivity contribution < 1.29 is 28.0 Å². The Hall–Kier alpha value is -4.93. The van der Waals surface area contributed by atoms with Gasteiger partial charge in [0.2, 0.25) is 5.60 Å². The van der Waals surface area contributed by atoms with Gasteiger partial charge in [0.05, 0.1) is 37.3 Å². The van der Waals surface area contributed by atoms with Gasteiger partial charge in [0.1, 0.15) is 5.75 Å². The number of cyclic esters (lactones) is 1. The summed E-state index contributed by atoms with van der Waals surface area (Å²) < 4.78 is 28.8. The van der Waals surface area contributed by atoms with Crippen molar-refractivity contribution in [3.05, 3.63) is 87.8 Å². The Labute approximate surface area is 221 Å². The van der Waals surface area contributed by atoms with Crippen LogP contribution in [0.5, 0.6) is 5.75 Å². The van der Waals surface area contributed by atoms with E-state index in [9.17, 15) is 18.8 Å². The number of benzene rings is 3. The third kappa shape index (κ3) is 4.21. The quantitative estimate of drug-likeness (QED) is 0.357. The summed E-state index contributed by atoms with van der Waals surface area (Å²) in [6, 6.07) is 18.2. The lowest BCUT2D eigenvalue weighted by atomic mass is 9.94. The van der Waals surface area contributed by atoms with Crippen LogP contribution in [0.15, 0.2) is 70.0 Å². The summed E-state index contributed by atoms with van der Waals surface area (Å²) in [5, 5.41) is 7.06. The van der Waals surface area contributed by atoms with Gasteiger partial charge < -0.3 is 14.0 Å². The molecule has 0 saturated carbocycles. The highest BCUT2D eigenvalue weighted by molar-refractivity contribution is 6.03. The molecule has 1 N–H and O–H groups in total. The summed E-state index contributed by atoms with van der Waals surface area (Å²) in [5.74, 6) is 0.470. The number of nitrogens with one attached hydrogen (secondary N) is 1. The molecule has 0 aliphatic carbocycles. The lowest BCUT2D eigenvalue weighted by Gasteiger charge is -2.20. The van der Waals surface area contributed by atoms with Gasteiger partial charge in [0.15, 0.2) is 11.4 Å². The van der Waals surface area contributed by atoms with Crippen LogP contribution >= 0.6 is 0 Å². The normalized spacial score (nSPS) is 16.6. The molecule has 0 radical (unpaired) electrons. The van der Waals surface area contributed by atoms with Gasteiger partial charge in [-0.1, -0.05) is 29.4 Å². The first-order valence-corrected chi connectivity index (χ1v) is 12.0. The number of alkyl halides is 1. The average molecular weight is 533 g/mol. The highest BCUT2D eigenvalue weighted by Crippen LogP contribution is 2.31. The second-order valence-electron chi connectivity index (χ2n) is 9.14. The van der Waals surface area contributed by atoms with Crippen molar-refractivity contribution in [2.75, 3.05) is 14.3 Å². The van der Waals surface area contributed by atoms with Gasteiger partial charge >= 0.3 is 11.8 Å². The number of hydrogen-bond acceptors (Lipinski definition) is 7. The predicted octanol–water partition coefficient (Wildman–Crippen LogP) is 4.37. The molecule has 0 unspecified atom stereocenters. The minimum Gasteiger partial charge on any atom is -0.497 e. The van der Waals surface area contributed by atoms with Crippen LogP contribution in [-0.4, -0.2) is 40.6 Å². The van der Waals surface area contributed by atoms with E-state index in [1.807, 2.05) is 37.3 Å². The molecule has 0 bridgehead atoms. The summed E-state index contributed by atoms with van der Waals surface area (Å²) in [6.45, 7) is 3.71. The molecule has 5 aromatic rings. The van der Waals surface area contributed by atoms with Crippen LogP contribution in [0.1, 0.15) is 23.6 Å². The number of alkyl carbamates (subject to hydrolysis) is 1. The first kappa shape index (κ1) is 25.7. The maximum atomic E-state index is 13.9. The Bertz CT molecular complexity index is 1800. The molecule has 39 heavy (non-hydrogen) atoms. The number of carbonyl (C=O) groups is 2. The van der Waals surface area contributed by atoms with Crippen LogP contribution in [-0.2, 0) is 21.7 Å². The minimum atomic E-state index is -1.44. The third-order valence-electron chi connectivity index (χ3n) is 6.72. The molecule has 3 heterocycles. The topological polar surface area (TPSA) is 118 Å². The van der Waals surface area contributed by atoms with Gasteiger partial charge in [-0.3, -0.25) is 19.1 Å². The largest absolute Gasteiger partial charge is 0.497 e. The van der Waals surface area contributed by atoms with Gasteiger partial charge in [0, 0.05) is 11.6 Å². The van der Waals surface area contributed by atoms with E-state index in [1.54, 1.807) is 42.0 Å². The fourth-order valence-corrected chi connectivity index (χ4v) is 4.73. The van der Waals surface area contributed by atoms with Gasteiger partial charge in [-0.25, -0.2) is 14.2 Å². The second-order valence-corrected chi connectivity index (χ2v) is 9.14. The summed E-state index contributed by atoms with van der Waals surface area (Å²) in [7, 11) is 2.07. The van der Waals surface area contributed by atoms with Crippen molar-refractivity contribution in [3.63, 3.8) is 0 Å². The van der Waals surface area contributed by atoms with Crippen molar-refractivity contribution in [3.8, 4) is 11.6 Å². The van der Waals surface area contributed by atoms with E-state index in [4.69, 9.17) is 14.0 Å². The van der Waals surface area contributed by atoms with Crippen LogP contribution in [0, 0.1) is 6.92 Å². The van der Waals surface area contributed by atoms with E-state index in [-0.39, 0.29) is 12.2 Å². The van der Waals surface area contributed by atoms with Crippen LogP contribution in [0.25, 0.3) is 27.8 Å². The van der Waals surface area contributed by atoms with Gasteiger partial charge in [-0.15, -0.1) is 0 Å². The summed E-state index contributed by atoms with van der Waals surface area (Å²) >= 11 is 0. The summed E-state index contributed by atoms with van der Waals surface area (Å²) in [5.41, 5.74) is 2.41. The highest BCUT2D eigenvalue weighted by Gasteiger charge is 2.46. The van der Waals surface area contributed by atoms with Crippen molar-refractivity contribution in [2.45, 2.75) is 26.0 Å². The smallest absolute Gasteiger partial charge is 0.415 e. The van der Waals surface area contributed by atoms with Crippen molar-refractivity contribution in [1.82, 2.24) is 19.6 Å². The van der Waals surface area contributed by atoms with Crippen molar-refractivity contribution >= 4 is 34.0 Å². The molecule has 2 aromatic heterocycles.